The van der Waals surface area contributed by atoms with E-state index in [9.17, 15) is 9.59 Å². The van der Waals surface area contributed by atoms with Crippen molar-refractivity contribution in [3.05, 3.63) is 82.8 Å². The highest BCUT2D eigenvalue weighted by molar-refractivity contribution is 9.10. The fourth-order valence-corrected chi connectivity index (χ4v) is 4.35. The van der Waals surface area contributed by atoms with Gasteiger partial charge in [0.05, 0.1) is 24.2 Å². The van der Waals surface area contributed by atoms with Crippen LogP contribution in [0, 0.1) is 5.92 Å². The van der Waals surface area contributed by atoms with E-state index >= 15 is 0 Å². The van der Waals surface area contributed by atoms with Crippen LogP contribution in [0.5, 0.6) is 0 Å². The van der Waals surface area contributed by atoms with Crippen molar-refractivity contribution in [3.8, 4) is 0 Å². The van der Waals surface area contributed by atoms with Crippen LogP contribution in [-0.4, -0.2) is 44.9 Å². The summed E-state index contributed by atoms with van der Waals surface area (Å²) in [6, 6.07) is 17.9. The number of hydrogen-bond donors (Lipinski definition) is 1. The summed E-state index contributed by atoms with van der Waals surface area (Å²) >= 11 is 3.43. The topological polar surface area (TPSA) is 97.1 Å². The van der Waals surface area contributed by atoms with Crippen molar-refractivity contribution >= 4 is 35.5 Å². The fourth-order valence-electron chi connectivity index (χ4n) is 4.09. The molecule has 9 heteroatoms. The normalized spacial score (nSPS) is 20.1. The smallest absolute Gasteiger partial charge is 0.469 e. The average molecular weight is 604 g/mol. The van der Waals surface area contributed by atoms with E-state index in [1.165, 1.54) is 19.7 Å². The molecule has 0 radical (unpaired) electrons. The van der Waals surface area contributed by atoms with E-state index in [4.69, 9.17) is 14.0 Å². The molecule has 214 valence electrons. The largest absolute Gasteiger partial charge is 0.486 e. The maximum atomic E-state index is 11.4. The molecule has 2 aromatic rings. The Hall–Kier alpha value is -2.46. The van der Waals surface area contributed by atoms with Crippen molar-refractivity contribution < 1.29 is 28.4 Å². The second-order valence-electron chi connectivity index (χ2n) is 10.0. The zero-order valence-corrected chi connectivity index (χ0v) is 25.6. The van der Waals surface area contributed by atoms with Gasteiger partial charge < -0.3 is 24.5 Å². The van der Waals surface area contributed by atoms with Crippen LogP contribution in [0.2, 0.25) is 0 Å². The predicted octanol–water partition coefficient (Wildman–Crippen LogP) is 6.24. The fraction of sp³-hybridized carbons (Fsp3) is 0.467. The third-order valence-corrected chi connectivity index (χ3v) is 7.46. The van der Waals surface area contributed by atoms with Crippen LogP contribution < -0.4 is 5.73 Å². The van der Waals surface area contributed by atoms with Crippen LogP contribution in [0.4, 0.5) is 0 Å². The second kappa shape index (κ2) is 17.3. The molecule has 0 bridgehead atoms. The van der Waals surface area contributed by atoms with E-state index in [1.54, 1.807) is 5.98 Å². The molecule has 1 heterocycles. The lowest BCUT2D eigenvalue weighted by Crippen LogP contribution is -2.41. The predicted molar refractivity (Wildman–Crippen MR) is 160 cm³/mol. The molecule has 1 aliphatic heterocycles. The van der Waals surface area contributed by atoms with E-state index in [0.29, 0.717) is 19.0 Å². The average Bonchev–Trinajstić information content (AvgIpc) is 3.51. The Morgan fingerprint density at radius 1 is 1.05 bits per heavy atom. The third kappa shape index (κ3) is 11.3. The number of nitrogens with two attached hydrogens (primary N) is 1. The number of ether oxygens (including phenoxy) is 2. The van der Waals surface area contributed by atoms with Crippen molar-refractivity contribution in [2.24, 2.45) is 11.7 Å². The number of carbonyl (C=O) groups excluding carboxylic acids is 2. The van der Waals surface area contributed by atoms with Crippen LogP contribution in [0.25, 0.3) is 0 Å². The summed E-state index contributed by atoms with van der Waals surface area (Å²) in [7, 11) is 2.72. The van der Waals surface area contributed by atoms with Gasteiger partial charge in [-0.05, 0) is 83.2 Å². The van der Waals surface area contributed by atoms with Crippen molar-refractivity contribution in [3.63, 3.8) is 0 Å². The zero-order valence-electron chi connectivity index (χ0n) is 24.0. The van der Waals surface area contributed by atoms with Crippen molar-refractivity contribution in [1.82, 2.24) is 0 Å². The van der Waals surface area contributed by atoms with Gasteiger partial charge in [0.2, 0.25) is 0 Å². The molecule has 0 aromatic heterocycles. The molecule has 39 heavy (non-hydrogen) atoms. The highest BCUT2D eigenvalue weighted by Crippen LogP contribution is 2.39. The highest BCUT2D eigenvalue weighted by atomic mass is 79.9. The first-order valence-electron chi connectivity index (χ1n) is 13.0. The number of esters is 1. The monoisotopic (exact) mass is 603 g/mol. The second-order valence-corrected chi connectivity index (χ2v) is 11.0. The van der Waals surface area contributed by atoms with Gasteiger partial charge in [0.1, 0.15) is 6.61 Å². The van der Waals surface area contributed by atoms with Crippen LogP contribution in [0.3, 0.4) is 0 Å². The molecule has 7 nitrogen and oxygen atoms in total. The summed E-state index contributed by atoms with van der Waals surface area (Å²) in [4.78, 5) is 21.2. The number of halogens is 1. The number of rotatable bonds is 6. The van der Waals surface area contributed by atoms with E-state index in [2.05, 4.69) is 57.2 Å². The first kappa shape index (κ1) is 34.6. The van der Waals surface area contributed by atoms with Crippen molar-refractivity contribution in [2.75, 3.05) is 14.2 Å². The van der Waals surface area contributed by atoms with Gasteiger partial charge in [0.15, 0.2) is 0 Å². The Balaban J connectivity index is 0.000000293. The maximum Gasteiger partial charge on any atom is 0.486 e. The highest BCUT2D eigenvalue weighted by Gasteiger charge is 2.49. The molecule has 2 aliphatic rings. The van der Waals surface area contributed by atoms with E-state index < -0.39 is 0 Å². The minimum Gasteiger partial charge on any atom is -0.469 e. The zero-order chi connectivity index (χ0) is 29.5. The van der Waals surface area contributed by atoms with Gasteiger partial charge in [-0.2, -0.15) is 0 Å². The summed E-state index contributed by atoms with van der Waals surface area (Å²) in [6.45, 7) is 12.5. The van der Waals surface area contributed by atoms with E-state index in [1.807, 2.05) is 58.0 Å². The van der Waals surface area contributed by atoms with Gasteiger partial charge in [-0.3, -0.25) is 9.59 Å². The SMILES string of the molecule is C=CB1OC(C)(C)C(C)(C)O1.CN.COC(=O)C1CCC(c2ccc(Br)cc2)C1.O=COCc1ccccc1. The molecule has 2 fully saturated rings. The Bertz CT molecular complexity index is 984. The lowest BCUT2D eigenvalue weighted by Gasteiger charge is -2.32. The van der Waals surface area contributed by atoms with Crippen LogP contribution in [0.15, 0.2) is 71.6 Å². The molecule has 4 rings (SSSR count). The van der Waals surface area contributed by atoms with Gasteiger partial charge >= 0.3 is 13.1 Å². The van der Waals surface area contributed by atoms with Gasteiger partial charge in [0, 0.05) is 4.47 Å². The Labute approximate surface area is 242 Å². The van der Waals surface area contributed by atoms with E-state index in [0.717, 1.165) is 29.3 Å². The summed E-state index contributed by atoms with van der Waals surface area (Å²) in [5.41, 5.74) is 6.38. The molecular weight excluding hydrogens is 561 g/mol. The number of methoxy groups -OCH3 is 1. The quantitative estimate of drug-likeness (QED) is 0.237. The first-order chi connectivity index (χ1) is 18.5. The molecule has 2 N–H and O–H groups in total. The van der Waals surface area contributed by atoms with Crippen LogP contribution >= 0.6 is 15.9 Å². The molecule has 2 aromatic carbocycles. The third-order valence-electron chi connectivity index (χ3n) is 6.93. The van der Waals surface area contributed by atoms with Crippen LogP contribution in [0.1, 0.15) is 64.0 Å². The van der Waals surface area contributed by atoms with Gasteiger partial charge in [-0.15, -0.1) is 6.58 Å². The lowest BCUT2D eigenvalue weighted by molar-refractivity contribution is -0.145. The minimum atomic E-state index is -0.250. The van der Waals surface area contributed by atoms with Gasteiger partial charge in [0.25, 0.3) is 6.47 Å². The van der Waals surface area contributed by atoms with Crippen molar-refractivity contribution in [1.29, 1.82) is 0 Å². The standard InChI is InChI=1S/C13H15BrO2.C8H15BO2.C8H8O2.CH5N/c1-16-13(15)11-3-2-10(8-11)9-4-6-12(14)7-5-9;1-6-9-10-7(2,3)8(4,5)11-9;9-7-10-6-8-4-2-1-3-5-8;1-2/h4-7,10-11H,2-3,8H2,1H3;6H,1H2,2-5H3;1-5,7H,6H2;2H2,1H3. The Morgan fingerprint density at radius 2 is 1.62 bits per heavy atom. The Kier molecular flexibility index (Phi) is 15.3. The lowest BCUT2D eigenvalue weighted by atomic mass is 9.90. The van der Waals surface area contributed by atoms with Gasteiger partial charge in [-0.1, -0.05) is 64.4 Å². The Morgan fingerprint density at radius 3 is 2.08 bits per heavy atom. The first-order valence-corrected chi connectivity index (χ1v) is 13.8. The van der Waals surface area contributed by atoms with Gasteiger partial charge in [-0.25, -0.2) is 0 Å². The summed E-state index contributed by atoms with van der Waals surface area (Å²) in [5.74, 6) is 2.23. The molecule has 0 spiro atoms. The minimum absolute atomic E-state index is 0.0559. The summed E-state index contributed by atoms with van der Waals surface area (Å²) < 4.78 is 21.6. The summed E-state index contributed by atoms with van der Waals surface area (Å²) in [6.07, 6.45) is 2.96. The number of carbonyl (C=O) groups is 2. The molecule has 1 saturated heterocycles. The maximum absolute atomic E-state index is 11.4. The molecule has 0 amide bonds. The van der Waals surface area contributed by atoms with E-state index in [-0.39, 0.29) is 30.2 Å². The van der Waals surface area contributed by atoms with Crippen LogP contribution in [-0.2, 0) is 35.0 Å². The number of benzene rings is 2. The summed E-state index contributed by atoms with van der Waals surface area (Å²) in [5, 5.41) is 0. The number of hydrogen-bond acceptors (Lipinski definition) is 7. The molecule has 1 saturated carbocycles. The molecule has 2 unspecified atom stereocenters. The van der Waals surface area contributed by atoms with Crippen molar-refractivity contribution in [2.45, 2.75) is 70.7 Å². The molecule has 2 atom stereocenters. The molecular formula is C30H43BBrNO6. The molecule has 1 aliphatic carbocycles.